The topological polar surface area (TPSA) is 114 Å². The quantitative estimate of drug-likeness (QED) is 0.435. The number of aryl methyl sites for hydroxylation is 1. The van der Waals surface area contributed by atoms with Gasteiger partial charge in [0, 0.05) is 36.5 Å². The molecule has 10 heteroatoms. The number of rotatable bonds is 4. The fourth-order valence-electron chi connectivity index (χ4n) is 4.08. The lowest BCUT2D eigenvalue weighted by molar-refractivity contribution is 0.647. The van der Waals surface area contributed by atoms with E-state index >= 15 is 0 Å². The zero-order valence-corrected chi connectivity index (χ0v) is 17.8. The summed E-state index contributed by atoms with van der Waals surface area (Å²) >= 11 is 1.54. The summed E-state index contributed by atoms with van der Waals surface area (Å²) in [7, 11) is 1.86. The van der Waals surface area contributed by atoms with E-state index in [-0.39, 0.29) is 11.1 Å². The van der Waals surface area contributed by atoms with E-state index in [4.69, 9.17) is 4.98 Å². The van der Waals surface area contributed by atoms with E-state index < -0.39 is 0 Å². The Balaban J connectivity index is 1.42. The van der Waals surface area contributed by atoms with Gasteiger partial charge in [-0.2, -0.15) is 10.2 Å². The van der Waals surface area contributed by atoms with Crippen LogP contribution in [0.4, 0.5) is 0 Å². The molecule has 5 heterocycles. The van der Waals surface area contributed by atoms with Crippen molar-refractivity contribution in [1.82, 2.24) is 34.5 Å². The summed E-state index contributed by atoms with van der Waals surface area (Å²) in [6, 6.07) is 9.17. The first kappa shape index (κ1) is 18.7. The first-order chi connectivity index (χ1) is 15.6. The van der Waals surface area contributed by atoms with Crippen LogP contribution in [0.15, 0.2) is 58.5 Å². The second-order valence-corrected chi connectivity index (χ2v) is 8.76. The van der Waals surface area contributed by atoms with Gasteiger partial charge in [0.1, 0.15) is 10.5 Å². The molecule has 6 aromatic rings. The fraction of sp³-hybridized carbons (Fsp3) is 0.136. The number of aromatic nitrogens is 7. The molecule has 0 atom stereocenters. The molecule has 0 radical (unpaired) electrons. The highest BCUT2D eigenvalue weighted by atomic mass is 32.1. The minimum Gasteiger partial charge on any atom is -0.329 e. The highest BCUT2D eigenvalue weighted by Gasteiger charge is 2.18. The van der Waals surface area contributed by atoms with Gasteiger partial charge in [-0.3, -0.25) is 14.7 Å². The summed E-state index contributed by atoms with van der Waals surface area (Å²) in [4.78, 5) is 32.0. The van der Waals surface area contributed by atoms with Crippen LogP contribution in [-0.2, 0) is 20.0 Å². The van der Waals surface area contributed by atoms with Gasteiger partial charge in [0.05, 0.1) is 29.2 Å². The molecule has 0 saturated heterocycles. The van der Waals surface area contributed by atoms with Crippen molar-refractivity contribution in [3.63, 3.8) is 0 Å². The molecule has 2 N–H and O–H groups in total. The Morgan fingerprint density at radius 1 is 1.09 bits per heavy atom. The monoisotopic (exact) mass is 443 g/mol. The van der Waals surface area contributed by atoms with Crippen LogP contribution >= 0.6 is 11.3 Å². The number of hydrogen-bond donors (Lipinski definition) is 2. The lowest BCUT2D eigenvalue weighted by Gasteiger charge is -2.07. The largest absolute Gasteiger partial charge is 0.329 e. The molecule has 0 fully saturated rings. The zero-order chi connectivity index (χ0) is 21.8. The number of thiazole rings is 1. The smallest absolute Gasteiger partial charge is 0.291 e. The summed E-state index contributed by atoms with van der Waals surface area (Å²) in [5, 5.41) is 14.2. The SMILES string of the molecule is Cn1c2nc(Cc3ccc(=O)[nH]c3)sc2c2cnn(Cc3cccc4[nH]ncc34)c(=O)c21. The average Bonchev–Trinajstić information content (AvgIpc) is 3.49. The standard InChI is InChI=1S/C22H17N7O2S/c1-28-19-15(20-21(28)26-18(32-20)7-12-5-6-17(30)23-8-12)10-25-29(22(19)31)11-13-3-2-4-16-14(13)9-24-27-16/h2-6,8-10H,7,11H2,1H3,(H,23,30)(H,24,27). The molecule has 0 unspecified atom stereocenters. The molecule has 9 nitrogen and oxygen atoms in total. The normalized spacial score (nSPS) is 11.8. The Hall–Kier alpha value is -4.05. The summed E-state index contributed by atoms with van der Waals surface area (Å²) in [6.45, 7) is 0.357. The first-order valence-corrected chi connectivity index (χ1v) is 10.8. The van der Waals surface area contributed by atoms with Crippen molar-refractivity contribution in [2.24, 2.45) is 7.05 Å². The number of hydrogen-bond acceptors (Lipinski definition) is 6. The highest BCUT2D eigenvalue weighted by Crippen LogP contribution is 2.31. The molecule has 0 amide bonds. The predicted octanol–water partition coefficient (Wildman–Crippen LogP) is 2.55. The van der Waals surface area contributed by atoms with E-state index in [1.54, 1.807) is 36.0 Å². The number of aromatic amines is 2. The second-order valence-electron chi connectivity index (χ2n) is 7.68. The van der Waals surface area contributed by atoms with E-state index in [0.29, 0.717) is 18.5 Å². The van der Waals surface area contributed by atoms with Crippen LogP contribution in [0.25, 0.3) is 32.2 Å². The van der Waals surface area contributed by atoms with Gasteiger partial charge in [-0.1, -0.05) is 18.2 Å². The maximum atomic E-state index is 13.3. The van der Waals surface area contributed by atoms with Gasteiger partial charge in [0.15, 0.2) is 5.65 Å². The third-order valence-corrected chi connectivity index (χ3v) is 6.75. The van der Waals surface area contributed by atoms with Crippen molar-refractivity contribution in [3.05, 3.63) is 85.8 Å². The molecular weight excluding hydrogens is 426 g/mol. The van der Waals surface area contributed by atoms with Crippen molar-refractivity contribution < 1.29 is 0 Å². The molecule has 6 rings (SSSR count). The number of nitrogens with one attached hydrogen (secondary N) is 2. The van der Waals surface area contributed by atoms with Gasteiger partial charge < -0.3 is 9.55 Å². The lowest BCUT2D eigenvalue weighted by Crippen LogP contribution is -2.24. The van der Waals surface area contributed by atoms with E-state index in [1.807, 2.05) is 29.8 Å². The Morgan fingerprint density at radius 2 is 2.00 bits per heavy atom. The van der Waals surface area contributed by atoms with E-state index in [0.717, 1.165) is 42.8 Å². The summed E-state index contributed by atoms with van der Waals surface area (Å²) in [6.07, 6.45) is 5.82. The summed E-state index contributed by atoms with van der Waals surface area (Å²) in [5.41, 5.74) is 3.94. The van der Waals surface area contributed by atoms with Crippen LogP contribution in [0.2, 0.25) is 0 Å². The van der Waals surface area contributed by atoms with Gasteiger partial charge in [-0.05, 0) is 17.2 Å². The summed E-state index contributed by atoms with van der Waals surface area (Å²) in [5.74, 6) is 0. The van der Waals surface area contributed by atoms with Gasteiger partial charge in [-0.25, -0.2) is 9.67 Å². The Bertz CT molecular complexity index is 1730. The molecule has 1 aromatic carbocycles. The fourth-order valence-corrected chi connectivity index (χ4v) is 5.22. The number of pyridine rings is 1. The molecule has 32 heavy (non-hydrogen) atoms. The molecule has 0 bridgehead atoms. The van der Waals surface area contributed by atoms with Crippen LogP contribution in [0.1, 0.15) is 16.1 Å². The Morgan fingerprint density at radius 3 is 2.84 bits per heavy atom. The van der Waals surface area contributed by atoms with Crippen LogP contribution < -0.4 is 11.1 Å². The maximum Gasteiger partial charge on any atom is 0.291 e. The minimum absolute atomic E-state index is 0.129. The van der Waals surface area contributed by atoms with Crippen LogP contribution in [-0.4, -0.2) is 34.5 Å². The molecule has 0 aliphatic carbocycles. The molecule has 158 valence electrons. The molecule has 0 saturated carbocycles. The van der Waals surface area contributed by atoms with Crippen LogP contribution in [0.3, 0.4) is 0 Å². The van der Waals surface area contributed by atoms with Crippen molar-refractivity contribution in [3.8, 4) is 0 Å². The third-order valence-electron chi connectivity index (χ3n) is 5.67. The first-order valence-electron chi connectivity index (χ1n) is 10.0. The van der Waals surface area contributed by atoms with Gasteiger partial charge in [-0.15, -0.1) is 11.3 Å². The number of nitrogens with zero attached hydrogens (tertiary/aromatic N) is 5. The number of benzene rings is 1. The summed E-state index contributed by atoms with van der Waals surface area (Å²) < 4.78 is 4.27. The number of fused-ring (bicyclic) bond motifs is 4. The van der Waals surface area contributed by atoms with Gasteiger partial charge in [0.2, 0.25) is 5.56 Å². The Labute approximate surface area is 184 Å². The minimum atomic E-state index is -0.155. The van der Waals surface area contributed by atoms with Crippen molar-refractivity contribution in [1.29, 1.82) is 0 Å². The lowest BCUT2D eigenvalue weighted by atomic mass is 10.1. The van der Waals surface area contributed by atoms with E-state index in [2.05, 4.69) is 20.3 Å². The third kappa shape index (κ3) is 2.88. The van der Waals surface area contributed by atoms with Gasteiger partial charge >= 0.3 is 0 Å². The van der Waals surface area contributed by atoms with Crippen molar-refractivity contribution in [2.45, 2.75) is 13.0 Å². The van der Waals surface area contributed by atoms with E-state index in [9.17, 15) is 9.59 Å². The molecule has 0 aliphatic heterocycles. The van der Waals surface area contributed by atoms with Crippen LogP contribution in [0.5, 0.6) is 0 Å². The molecule has 5 aromatic heterocycles. The van der Waals surface area contributed by atoms with E-state index in [1.165, 1.54) is 10.7 Å². The predicted molar refractivity (Wildman–Crippen MR) is 123 cm³/mol. The molecular formula is C22H17N7O2S. The Kier molecular flexibility index (Phi) is 4.08. The van der Waals surface area contributed by atoms with Gasteiger partial charge in [0.25, 0.3) is 5.56 Å². The van der Waals surface area contributed by atoms with Crippen LogP contribution in [0, 0.1) is 0 Å². The highest BCUT2D eigenvalue weighted by molar-refractivity contribution is 7.19. The maximum absolute atomic E-state index is 13.3. The molecule has 0 spiro atoms. The molecule has 0 aliphatic rings. The second kappa shape index (κ2) is 6.99. The average molecular weight is 443 g/mol. The zero-order valence-electron chi connectivity index (χ0n) is 17.0. The van der Waals surface area contributed by atoms with Crippen molar-refractivity contribution >= 4 is 43.5 Å². The van der Waals surface area contributed by atoms with Crippen molar-refractivity contribution in [2.75, 3.05) is 0 Å². The number of H-pyrrole nitrogens is 2.